The summed E-state index contributed by atoms with van der Waals surface area (Å²) in [6.07, 6.45) is 1.82. The molecule has 5 nitrogen and oxygen atoms in total. The number of thiophene rings is 1. The maximum atomic E-state index is 4.66. The fourth-order valence-corrected chi connectivity index (χ4v) is 5.17. The van der Waals surface area contributed by atoms with Gasteiger partial charge in [-0.25, -0.2) is 4.99 Å². The highest BCUT2D eigenvalue weighted by Crippen LogP contribution is 2.36. The molecule has 3 N–H and O–H groups in total. The molecule has 0 bridgehead atoms. The molecule has 0 spiro atoms. The third-order valence-corrected chi connectivity index (χ3v) is 6.36. The van der Waals surface area contributed by atoms with Gasteiger partial charge in [-0.1, -0.05) is 6.07 Å². The standard InChI is InChI=1S/C22H25N5S/c1-14-7-15(2)9-17(8-14)25-22-24-11-16-3-4-20-19(21(16)26-22)10-18(28-20)12-27-6-5-23-13-27/h3-4,7-11,22-23,25-26H,5-6,12-13H2,1-2H3. The molecule has 3 aromatic rings. The summed E-state index contributed by atoms with van der Waals surface area (Å²) in [5.41, 5.74) is 5.93. The largest absolute Gasteiger partial charge is 0.347 e. The highest BCUT2D eigenvalue weighted by molar-refractivity contribution is 7.19. The number of fused-ring (bicyclic) bond motifs is 3. The Balaban J connectivity index is 1.41. The zero-order valence-corrected chi connectivity index (χ0v) is 17.1. The predicted octanol–water partition coefficient (Wildman–Crippen LogP) is 4.12. The van der Waals surface area contributed by atoms with Gasteiger partial charge in [0.25, 0.3) is 0 Å². The number of aliphatic imine (C=N–C) groups is 1. The molecule has 6 heteroatoms. The molecule has 1 atom stereocenters. The van der Waals surface area contributed by atoms with Crippen LogP contribution in [0, 0.1) is 13.8 Å². The number of nitrogens with one attached hydrogen (secondary N) is 3. The molecular weight excluding hydrogens is 366 g/mol. The number of nitrogens with zero attached hydrogens (tertiary/aromatic N) is 2. The van der Waals surface area contributed by atoms with Gasteiger partial charge in [0.15, 0.2) is 6.29 Å². The molecule has 0 saturated carbocycles. The van der Waals surface area contributed by atoms with Crippen LogP contribution >= 0.6 is 11.3 Å². The van der Waals surface area contributed by atoms with Crippen LogP contribution < -0.4 is 16.0 Å². The predicted molar refractivity (Wildman–Crippen MR) is 120 cm³/mol. The molecule has 1 unspecified atom stereocenters. The first kappa shape index (κ1) is 17.7. The monoisotopic (exact) mass is 391 g/mol. The number of rotatable bonds is 4. The van der Waals surface area contributed by atoms with E-state index < -0.39 is 0 Å². The van der Waals surface area contributed by atoms with E-state index in [1.807, 2.05) is 17.6 Å². The van der Waals surface area contributed by atoms with Gasteiger partial charge < -0.3 is 16.0 Å². The van der Waals surface area contributed by atoms with E-state index in [-0.39, 0.29) is 6.29 Å². The van der Waals surface area contributed by atoms with Gasteiger partial charge in [-0.05, 0) is 55.3 Å². The topological polar surface area (TPSA) is 51.7 Å². The Kier molecular flexibility index (Phi) is 4.55. The molecule has 1 aromatic heterocycles. The molecule has 5 rings (SSSR count). The second-order valence-corrected chi connectivity index (χ2v) is 8.88. The number of hydrogen-bond acceptors (Lipinski definition) is 6. The zero-order valence-electron chi connectivity index (χ0n) is 16.2. The summed E-state index contributed by atoms with van der Waals surface area (Å²) in [4.78, 5) is 8.53. The van der Waals surface area contributed by atoms with E-state index in [1.54, 1.807) is 0 Å². The quantitative estimate of drug-likeness (QED) is 0.626. The van der Waals surface area contributed by atoms with Crippen molar-refractivity contribution in [2.75, 3.05) is 30.4 Å². The first-order chi connectivity index (χ1) is 13.6. The average Bonchev–Trinajstić information content (AvgIpc) is 3.30. The fourth-order valence-electron chi connectivity index (χ4n) is 4.05. The number of aryl methyl sites for hydroxylation is 2. The lowest BCUT2D eigenvalue weighted by atomic mass is 10.1. The Labute approximate surface area is 169 Å². The van der Waals surface area contributed by atoms with E-state index in [0.717, 1.165) is 37.6 Å². The van der Waals surface area contributed by atoms with Gasteiger partial charge in [-0.2, -0.15) is 0 Å². The van der Waals surface area contributed by atoms with E-state index in [2.05, 4.69) is 76.1 Å². The Morgan fingerprint density at radius 1 is 1.18 bits per heavy atom. The van der Waals surface area contributed by atoms with Crippen molar-refractivity contribution in [2.45, 2.75) is 26.7 Å². The van der Waals surface area contributed by atoms with Crippen molar-refractivity contribution in [1.82, 2.24) is 10.2 Å². The van der Waals surface area contributed by atoms with Crippen molar-refractivity contribution in [3.8, 4) is 0 Å². The van der Waals surface area contributed by atoms with E-state index in [1.165, 1.54) is 31.8 Å². The summed E-state index contributed by atoms with van der Waals surface area (Å²) < 4.78 is 1.33. The lowest BCUT2D eigenvalue weighted by Crippen LogP contribution is -2.29. The zero-order chi connectivity index (χ0) is 19.1. The van der Waals surface area contributed by atoms with Gasteiger partial charge in [0.1, 0.15) is 0 Å². The molecule has 1 fully saturated rings. The van der Waals surface area contributed by atoms with Crippen molar-refractivity contribution < 1.29 is 0 Å². The van der Waals surface area contributed by atoms with Gasteiger partial charge in [0, 0.05) is 58.7 Å². The molecule has 144 valence electrons. The molecule has 3 heterocycles. The third-order valence-electron chi connectivity index (χ3n) is 5.27. The van der Waals surface area contributed by atoms with Crippen molar-refractivity contribution >= 4 is 39.0 Å². The van der Waals surface area contributed by atoms with Crippen LogP contribution in [0.15, 0.2) is 41.4 Å². The molecule has 28 heavy (non-hydrogen) atoms. The van der Waals surface area contributed by atoms with E-state index in [4.69, 9.17) is 0 Å². The minimum absolute atomic E-state index is 0.162. The van der Waals surface area contributed by atoms with Crippen molar-refractivity contribution in [3.63, 3.8) is 0 Å². The SMILES string of the molecule is Cc1cc(C)cc(NC2N=Cc3ccc4sc(CN5CCNC5)cc4c3N2)c1. The van der Waals surface area contributed by atoms with Crippen LogP contribution in [-0.4, -0.2) is 37.2 Å². The van der Waals surface area contributed by atoms with Crippen LogP contribution in [0.1, 0.15) is 21.6 Å². The van der Waals surface area contributed by atoms with Gasteiger partial charge in [0.05, 0.1) is 5.69 Å². The fraction of sp³-hybridized carbons (Fsp3) is 0.318. The Bertz CT molecular complexity index is 1030. The van der Waals surface area contributed by atoms with Crippen molar-refractivity contribution in [1.29, 1.82) is 0 Å². The highest BCUT2D eigenvalue weighted by Gasteiger charge is 2.19. The van der Waals surface area contributed by atoms with Crippen LogP contribution in [0.4, 0.5) is 11.4 Å². The minimum atomic E-state index is -0.162. The molecule has 1 saturated heterocycles. The molecule has 2 aliphatic rings. The number of benzene rings is 2. The summed E-state index contributed by atoms with van der Waals surface area (Å²) >= 11 is 1.89. The first-order valence-electron chi connectivity index (χ1n) is 9.77. The Morgan fingerprint density at radius 2 is 2.04 bits per heavy atom. The van der Waals surface area contributed by atoms with E-state index in [9.17, 15) is 0 Å². The number of anilines is 2. The van der Waals surface area contributed by atoms with Crippen molar-refractivity contribution in [3.05, 3.63) is 58.0 Å². The molecule has 0 radical (unpaired) electrons. The van der Waals surface area contributed by atoms with E-state index in [0.29, 0.717) is 0 Å². The van der Waals surface area contributed by atoms with Gasteiger partial charge in [-0.15, -0.1) is 11.3 Å². The molecular formula is C22H25N5S. The lowest BCUT2D eigenvalue weighted by Gasteiger charge is -2.24. The van der Waals surface area contributed by atoms with Crippen molar-refractivity contribution in [2.24, 2.45) is 4.99 Å². The first-order valence-corrected chi connectivity index (χ1v) is 10.6. The molecule has 2 aliphatic heterocycles. The summed E-state index contributed by atoms with van der Waals surface area (Å²) in [6, 6.07) is 13.2. The second kappa shape index (κ2) is 7.20. The Hall–Kier alpha value is -2.41. The maximum Gasteiger partial charge on any atom is 0.194 e. The number of hydrogen-bond donors (Lipinski definition) is 3. The van der Waals surface area contributed by atoms with Crippen LogP contribution in [0.2, 0.25) is 0 Å². The second-order valence-electron chi connectivity index (χ2n) is 7.71. The van der Waals surface area contributed by atoms with Crippen LogP contribution in [0.3, 0.4) is 0 Å². The van der Waals surface area contributed by atoms with Crippen LogP contribution in [-0.2, 0) is 6.54 Å². The minimum Gasteiger partial charge on any atom is -0.347 e. The molecule has 2 aromatic carbocycles. The smallest absolute Gasteiger partial charge is 0.194 e. The maximum absolute atomic E-state index is 4.66. The normalized spacial score (nSPS) is 19.0. The average molecular weight is 392 g/mol. The van der Waals surface area contributed by atoms with Gasteiger partial charge >= 0.3 is 0 Å². The molecule has 0 amide bonds. The highest BCUT2D eigenvalue weighted by atomic mass is 32.1. The van der Waals surface area contributed by atoms with Crippen LogP contribution in [0.5, 0.6) is 0 Å². The summed E-state index contributed by atoms with van der Waals surface area (Å²) in [7, 11) is 0. The lowest BCUT2D eigenvalue weighted by molar-refractivity contribution is 0.330. The summed E-state index contributed by atoms with van der Waals surface area (Å²) in [5, 5.41) is 11.8. The molecule has 0 aliphatic carbocycles. The Morgan fingerprint density at radius 3 is 2.82 bits per heavy atom. The van der Waals surface area contributed by atoms with E-state index >= 15 is 0 Å². The van der Waals surface area contributed by atoms with Gasteiger partial charge in [0.2, 0.25) is 0 Å². The van der Waals surface area contributed by atoms with Crippen LogP contribution in [0.25, 0.3) is 10.1 Å². The summed E-state index contributed by atoms with van der Waals surface area (Å²) in [5.74, 6) is 0. The summed E-state index contributed by atoms with van der Waals surface area (Å²) in [6.45, 7) is 8.45. The van der Waals surface area contributed by atoms with Gasteiger partial charge in [-0.3, -0.25) is 4.90 Å². The third kappa shape index (κ3) is 3.51.